The van der Waals surface area contributed by atoms with E-state index in [0.29, 0.717) is 28.0 Å². The van der Waals surface area contributed by atoms with Crippen LogP contribution in [-0.4, -0.2) is 22.0 Å². The van der Waals surface area contributed by atoms with Crippen LogP contribution in [0.5, 0.6) is 5.75 Å². The molecule has 3 N–H and O–H groups in total. The van der Waals surface area contributed by atoms with Crippen LogP contribution in [0.2, 0.25) is 10.0 Å². The Balaban J connectivity index is 1.70. The summed E-state index contributed by atoms with van der Waals surface area (Å²) < 4.78 is 21.2. The monoisotopic (exact) mass is 550 g/mol. The SMILES string of the molecule is CC(C)Oc1cc2[nH]c(Nc3c(Cl)ccc(Cl)c3F)nc2cc1C(=O)Nc1ccc(Br)cc1. The van der Waals surface area contributed by atoms with E-state index in [1.165, 1.54) is 12.1 Å². The second kappa shape index (κ2) is 9.59. The molecule has 170 valence electrons. The number of aromatic amines is 1. The number of ether oxygens (including phenoxy) is 1. The van der Waals surface area contributed by atoms with Crippen LogP contribution in [0, 0.1) is 5.82 Å². The van der Waals surface area contributed by atoms with Gasteiger partial charge in [0.05, 0.1) is 38.4 Å². The molecule has 0 aliphatic heterocycles. The number of H-pyrrole nitrogens is 1. The van der Waals surface area contributed by atoms with Gasteiger partial charge in [0.1, 0.15) is 5.75 Å². The van der Waals surface area contributed by atoms with Crippen molar-refractivity contribution in [1.82, 2.24) is 9.97 Å². The molecule has 0 spiro atoms. The lowest BCUT2D eigenvalue weighted by molar-refractivity contribution is 0.102. The highest BCUT2D eigenvalue weighted by atomic mass is 79.9. The number of nitrogens with one attached hydrogen (secondary N) is 3. The molecule has 4 rings (SSSR count). The van der Waals surface area contributed by atoms with Crippen LogP contribution < -0.4 is 15.4 Å². The predicted molar refractivity (Wildman–Crippen MR) is 134 cm³/mol. The van der Waals surface area contributed by atoms with Gasteiger partial charge in [0.15, 0.2) is 5.82 Å². The Morgan fingerprint density at radius 3 is 2.52 bits per heavy atom. The molecule has 0 aliphatic rings. The fourth-order valence-electron chi connectivity index (χ4n) is 3.12. The van der Waals surface area contributed by atoms with Crippen LogP contribution in [0.15, 0.2) is 53.0 Å². The molecule has 0 bridgehead atoms. The summed E-state index contributed by atoms with van der Waals surface area (Å²) >= 11 is 15.3. The van der Waals surface area contributed by atoms with E-state index in [1.807, 2.05) is 26.0 Å². The Morgan fingerprint density at radius 1 is 1.12 bits per heavy atom. The average molecular weight is 552 g/mol. The molecule has 1 heterocycles. The van der Waals surface area contributed by atoms with E-state index in [2.05, 4.69) is 36.5 Å². The Morgan fingerprint density at radius 2 is 1.82 bits per heavy atom. The van der Waals surface area contributed by atoms with Gasteiger partial charge in [0, 0.05) is 16.2 Å². The van der Waals surface area contributed by atoms with E-state index < -0.39 is 5.82 Å². The third-order valence-electron chi connectivity index (χ3n) is 4.58. The van der Waals surface area contributed by atoms with Gasteiger partial charge in [0.2, 0.25) is 5.95 Å². The number of amides is 1. The van der Waals surface area contributed by atoms with Gasteiger partial charge in [-0.1, -0.05) is 39.1 Å². The number of carbonyl (C=O) groups is 1. The summed E-state index contributed by atoms with van der Waals surface area (Å²) in [4.78, 5) is 20.5. The summed E-state index contributed by atoms with van der Waals surface area (Å²) in [5.74, 6) is -0.428. The van der Waals surface area contributed by atoms with Crippen LogP contribution in [-0.2, 0) is 0 Å². The summed E-state index contributed by atoms with van der Waals surface area (Å²) in [6, 6.07) is 13.4. The minimum Gasteiger partial charge on any atom is -0.490 e. The summed E-state index contributed by atoms with van der Waals surface area (Å²) in [5, 5.41) is 5.75. The number of carbonyl (C=O) groups excluding carboxylic acids is 1. The summed E-state index contributed by atoms with van der Waals surface area (Å²) in [6.07, 6.45) is -0.165. The number of aromatic nitrogens is 2. The molecule has 1 amide bonds. The summed E-state index contributed by atoms with van der Waals surface area (Å²) in [7, 11) is 0. The quantitative estimate of drug-likeness (QED) is 0.216. The van der Waals surface area contributed by atoms with Gasteiger partial charge in [-0.3, -0.25) is 4.79 Å². The molecule has 1 aromatic heterocycles. The van der Waals surface area contributed by atoms with Crippen LogP contribution in [0.25, 0.3) is 11.0 Å². The highest BCUT2D eigenvalue weighted by Crippen LogP contribution is 2.33. The highest BCUT2D eigenvalue weighted by molar-refractivity contribution is 9.10. The van der Waals surface area contributed by atoms with Crippen molar-refractivity contribution in [1.29, 1.82) is 0 Å². The van der Waals surface area contributed by atoms with Gasteiger partial charge in [-0.05, 0) is 56.3 Å². The largest absolute Gasteiger partial charge is 0.490 e. The van der Waals surface area contributed by atoms with Crippen LogP contribution >= 0.6 is 39.1 Å². The number of nitrogens with zero attached hydrogens (tertiary/aromatic N) is 1. The molecule has 0 saturated carbocycles. The summed E-state index contributed by atoms with van der Waals surface area (Å²) in [6.45, 7) is 3.73. The zero-order chi connectivity index (χ0) is 23.7. The van der Waals surface area contributed by atoms with Crippen molar-refractivity contribution in [3.05, 3.63) is 74.4 Å². The van der Waals surface area contributed by atoms with Crippen molar-refractivity contribution in [2.75, 3.05) is 10.6 Å². The van der Waals surface area contributed by atoms with Crippen LogP contribution in [0.4, 0.5) is 21.7 Å². The van der Waals surface area contributed by atoms with Gasteiger partial charge < -0.3 is 20.4 Å². The minimum atomic E-state index is -0.692. The first-order valence-electron chi connectivity index (χ1n) is 9.89. The molecule has 4 aromatic rings. The first kappa shape index (κ1) is 23.4. The maximum atomic E-state index is 14.4. The molecule has 10 heteroatoms. The molecule has 6 nitrogen and oxygen atoms in total. The lowest BCUT2D eigenvalue weighted by Crippen LogP contribution is -2.15. The fourth-order valence-corrected chi connectivity index (χ4v) is 3.73. The molecule has 0 radical (unpaired) electrons. The maximum Gasteiger partial charge on any atom is 0.259 e. The molecule has 0 fully saturated rings. The van der Waals surface area contributed by atoms with E-state index in [-0.39, 0.29) is 33.7 Å². The molecular formula is C23H18BrCl2FN4O2. The van der Waals surface area contributed by atoms with Gasteiger partial charge in [0.25, 0.3) is 5.91 Å². The van der Waals surface area contributed by atoms with Gasteiger partial charge >= 0.3 is 0 Å². The Labute approximate surface area is 207 Å². The maximum absolute atomic E-state index is 14.4. The van der Waals surface area contributed by atoms with E-state index >= 15 is 0 Å². The van der Waals surface area contributed by atoms with E-state index in [4.69, 9.17) is 27.9 Å². The first-order valence-corrected chi connectivity index (χ1v) is 11.4. The fraction of sp³-hybridized carbons (Fsp3) is 0.130. The number of hydrogen-bond donors (Lipinski definition) is 3. The van der Waals surface area contributed by atoms with Gasteiger partial charge in [-0.2, -0.15) is 0 Å². The lowest BCUT2D eigenvalue weighted by Gasteiger charge is -2.14. The van der Waals surface area contributed by atoms with Gasteiger partial charge in [-0.25, -0.2) is 9.37 Å². The minimum absolute atomic E-state index is 0.00455. The smallest absolute Gasteiger partial charge is 0.259 e. The number of anilines is 3. The number of imidazole rings is 1. The Hall–Kier alpha value is -2.81. The van der Waals surface area contributed by atoms with Crippen LogP contribution in [0.1, 0.15) is 24.2 Å². The third-order valence-corrected chi connectivity index (χ3v) is 5.72. The van der Waals surface area contributed by atoms with Crippen molar-refractivity contribution in [2.45, 2.75) is 20.0 Å². The number of fused-ring (bicyclic) bond motifs is 1. The number of hydrogen-bond acceptors (Lipinski definition) is 4. The molecule has 0 aliphatic carbocycles. The molecular weight excluding hydrogens is 534 g/mol. The Kier molecular flexibility index (Phi) is 6.78. The van der Waals surface area contributed by atoms with Crippen LogP contribution in [0.3, 0.4) is 0 Å². The van der Waals surface area contributed by atoms with Crippen molar-refractivity contribution in [3.63, 3.8) is 0 Å². The molecule has 0 saturated heterocycles. The second-order valence-corrected chi connectivity index (χ2v) is 9.15. The van der Waals surface area contributed by atoms with Crippen molar-refractivity contribution >= 4 is 73.4 Å². The summed E-state index contributed by atoms with van der Waals surface area (Å²) in [5.41, 5.74) is 2.01. The van der Waals surface area contributed by atoms with E-state index in [0.717, 1.165) is 4.47 Å². The normalized spacial score (nSPS) is 11.1. The van der Waals surface area contributed by atoms with E-state index in [9.17, 15) is 9.18 Å². The topological polar surface area (TPSA) is 79.0 Å². The number of halogens is 4. The zero-order valence-electron chi connectivity index (χ0n) is 17.5. The molecule has 0 atom stereocenters. The second-order valence-electron chi connectivity index (χ2n) is 7.42. The lowest BCUT2D eigenvalue weighted by atomic mass is 10.1. The third kappa shape index (κ3) is 5.24. The Bertz CT molecular complexity index is 1340. The standard InChI is InChI=1S/C23H18BrCl2FN4O2/c1-11(2)33-19-10-18-17(9-14(19)22(32)28-13-5-3-12(24)4-6-13)29-23(30-18)31-21-16(26)8-7-15(25)20(21)27/h3-11H,1-2H3,(H,28,32)(H2,29,30,31). The number of benzene rings is 3. The predicted octanol–water partition coefficient (Wildman–Crippen LogP) is 7.55. The van der Waals surface area contributed by atoms with Crippen molar-refractivity contribution in [2.24, 2.45) is 0 Å². The average Bonchev–Trinajstić information content (AvgIpc) is 3.16. The first-order chi connectivity index (χ1) is 15.7. The van der Waals surface area contributed by atoms with Crippen molar-refractivity contribution < 1.29 is 13.9 Å². The zero-order valence-corrected chi connectivity index (χ0v) is 20.6. The number of rotatable bonds is 6. The highest BCUT2D eigenvalue weighted by Gasteiger charge is 2.19. The van der Waals surface area contributed by atoms with Crippen molar-refractivity contribution in [3.8, 4) is 5.75 Å². The van der Waals surface area contributed by atoms with E-state index in [1.54, 1.807) is 24.3 Å². The molecule has 3 aromatic carbocycles. The van der Waals surface area contributed by atoms with Gasteiger partial charge in [-0.15, -0.1) is 0 Å². The molecule has 33 heavy (non-hydrogen) atoms. The molecule has 0 unspecified atom stereocenters.